The summed E-state index contributed by atoms with van der Waals surface area (Å²) < 4.78 is 9.00. The molecule has 6 nitrogen and oxygen atoms in total. The van der Waals surface area contributed by atoms with Gasteiger partial charge in [-0.05, 0) is 44.1 Å². The summed E-state index contributed by atoms with van der Waals surface area (Å²) >= 11 is 5.23. The van der Waals surface area contributed by atoms with Crippen molar-refractivity contribution in [2.24, 2.45) is 0 Å². The van der Waals surface area contributed by atoms with Crippen molar-refractivity contribution in [1.29, 1.82) is 0 Å². The Balaban J connectivity index is 1.57. The number of aromatic nitrogens is 4. The summed E-state index contributed by atoms with van der Waals surface area (Å²) in [5.74, 6) is 1.77. The monoisotopic (exact) mass is 431 g/mol. The van der Waals surface area contributed by atoms with Crippen LogP contribution in [0.1, 0.15) is 23.8 Å². The van der Waals surface area contributed by atoms with Gasteiger partial charge in [-0.1, -0.05) is 15.9 Å². The third-order valence-corrected chi connectivity index (χ3v) is 6.51. The lowest BCUT2D eigenvalue weighted by atomic mass is 10.1. The fourth-order valence-electron chi connectivity index (χ4n) is 3.61. The molecule has 5 rings (SSSR count). The Morgan fingerprint density at radius 3 is 3.04 bits per heavy atom. The number of piperidine rings is 1. The lowest BCUT2D eigenvalue weighted by molar-refractivity contribution is 0.327. The molecule has 1 saturated heterocycles. The predicted octanol–water partition coefficient (Wildman–Crippen LogP) is 3.69. The standard InChI is InChI=1S/C18H18BrN5OS/c19-11-1-2-13-14(9-11)25-8-5-15-16(13)23-18(26-15)17-21-10-22-24(17)12-3-6-20-7-4-12/h1-2,9-10,12,20H,3-8H2. The van der Waals surface area contributed by atoms with E-state index in [9.17, 15) is 0 Å². The SMILES string of the molecule is Brc1ccc2c(c1)OCCc1sc(-c3ncnn3C3CCNCC3)nc1-2. The van der Waals surface area contributed by atoms with E-state index < -0.39 is 0 Å². The van der Waals surface area contributed by atoms with Gasteiger partial charge in [0.25, 0.3) is 0 Å². The second-order valence-corrected chi connectivity index (χ2v) is 8.54. The average Bonchev–Trinajstić information content (AvgIpc) is 3.27. The molecule has 0 amide bonds. The summed E-state index contributed by atoms with van der Waals surface area (Å²) in [6.07, 6.45) is 4.66. The summed E-state index contributed by atoms with van der Waals surface area (Å²) in [6.45, 7) is 2.72. The molecule has 0 spiro atoms. The predicted molar refractivity (Wildman–Crippen MR) is 105 cm³/mol. The maximum atomic E-state index is 5.92. The molecule has 3 aromatic rings. The Labute approximate surface area is 163 Å². The van der Waals surface area contributed by atoms with Crippen LogP contribution in [0.2, 0.25) is 0 Å². The van der Waals surface area contributed by atoms with Crippen molar-refractivity contribution in [1.82, 2.24) is 25.1 Å². The summed E-state index contributed by atoms with van der Waals surface area (Å²) in [5, 5.41) is 8.86. The Kier molecular flexibility index (Phi) is 4.26. The van der Waals surface area contributed by atoms with Crippen LogP contribution in [0.25, 0.3) is 22.1 Å². The van der Waals surface area contributed by atoms with Gasteiger partial charge in [0.15, 0.2) is 10.8 Å². The second kappa shape index (κ2) is 6.75. The van der Waals surface area contributed by atoms with Gasteiger partial charge < -0.3 is 10.1 Å². The molecule has 134 valence electrons. The van der Waals surface area contributed by atoms with Crippen LogP contribution in [-0.4, -0.2) is 39.4 Å². The topological polar surface area (TPSA) is 64.9 Å². The number of nitrogens with one attached hydrogen (secondary N) is 1. The van der Waals surface area contributed by atoms with Crippen LogP contribution in [0, 0.1) is 0 Å². The average molecular weight is 432 g/mol. The Morgan fingerprint density at radius 2 is 2.15 bits per heavy atom. The summed E-state index contributed by atoms with van der Waals surface area (Å²) in [5.41, 5.74) is 2.07. The first-order chi connectivity index (χ1) is 12.8. The molecule has 2 aromatic heterocycles. The van der Waals surface area contributed by atoms with E-state index in [-0.39, 0.29) is 0 Å². The molecule has 0 unspecified atom stereocenters. The van der Waals surface area contributed by atoms with Crippen LogP contribution in [0.4, 0.5) is 0 Å². The number of hydrogen-bond acceptors (Lipinski definition) is 6. The van der Waals surface area contributed by atoms with Crippen molar-refractivity contribution in [3.63, 3.8) is 0 Å². The largest absolute Gasteiger partial charge is 0.492 e. The summed E-state index contributed by atoms with van der Waals surface area (Å²) in [6, 6.07) is 6.52. The van der Waals surface area contributed by atoms with Crippen LogP contribution in [0.15, 0.2) is 29.0 Å². The van der Waals surface area contributed by atoms with Gasteiger partial charge in [0.05, 0.1) is 18.3 Å². The first-order valence-electron chi connectivity index (χ1n) is 8.82. The van der Waals surface area contributed by atoms with Crippen LogP contribution in [0.5, 0.6) is 5.75 Å². The van der Waals surface area contributed by atoms with Gasteiger partial charge >= 0.3 is 0 Å². The zero-order valence-electron chi connectivity index (χ0n) is 14.1. The molecule has 8 heteroatoms. The van der Waals surface area contributed by atoms with E-state index in [1.807, 2.05) is 12.1 Å². The Morgan fingerprint density at radius 1 is 1.27 bits per heavy atom. The van der Waals surface area contributed by atoms with Crippen molar-refractivity contribution in [3.05, 3.63) is 33.9 Å². The molecule has 1 fully saturated rings. The number of benzene rings is 1. The van der Waals surface area contributed by atoms with Crippen molar-refractivity contribution in [2.45, 2.75) is 25.3 Å². The van der Waals surface area contributed by atoms with E-state index in [1.165, 1.54) is 4.88 Å². The highest BCUT2D eigenvalue weighted by molar-refractivity contribution is 9.10. The van der Waals surface area contributed by atoms with Crippen LogP contribution >= 0.6 is 27.3 Å². The fraction of sp³-hybridized carbons (Fsp3) is 0.389. The van der Waals surface area contributed by atoms with Gasteiger partial charge in [0.2, 0.25) is 0 Å². The molecule has 4 heterocycles. The number of rotatable bonds is 2. The number of hydrogen-bond donors (Lipinski definition) is 1. The van der Waals surface area contributed by atoms with Crippen LogP contribution in [-0.2, 0) is 6.42 Å². The van der Waals surface area contributed by atoms with Gasteiger partial charge in [0.1, 0.15) is 12.1 Å². The van der Waals surface area contributed by atoms with E-state index in [2.05, 4.69) is 42.1 Å². The molecule has 0 aliphatic carbocycles. The smallest absolute Gasteiger partial charge is 0.187 e. The minimum Gasteiger partial charge on any atom is -0.492 e. The van der Waals surface area contributed by atoms with E-state index in [4.69, 9.17) is 9.72 Å². The summed E-state index contributed by atoms with van der Waals surface area (Å²) in [4.78, 5) is 10.8. The first-order valence-corrected chi connectivity index (χ1v) is 10.4. The second-order valence-electron chi connectivity index (χ2n) is 6.54. The zero-order valence-corrected chi connectivity index (χ0v) is 16.5. The van der Waals surface area contributed by atoms with E-state index >= 15 is 0 Å². The molecular formula is C18H18BrN5OS. The summed E-state index contributed by atoms with van der Waals surface area (Å²) in [7, 11) is 0. The highest BCUT2D eigenvalue weighted by Gasteiger charge is 2.25. The fourth-order valence-corrected chi connectivity index (χ4v) is 5.00. The molecule has 26 heavy (non-hydrogen) atoms. The highest BCUT2D eigenvalue weighted by atomic mass is 79.9. The van der Waals surface area contributed by atoms with Gasteiger partial charge in [-0.15, -0.1) is 11.3 Å². The highest BCUT2D eigenvalue weighted by Crippen LogP contribution is 2.41. The maximum absolute atomic E-state index is 5.92. The van der Waals surface area contributed by atoms with Gasteiger partial charge in [-0.25, -0.2) is 14.6 Å². The molecular weight excluding hydrogens is 414 g/mol. The molecule has 0 atom stereocenters. The van der Waals surface area contributed by atoms with E-state index in [1.54, 1.807) is 17.7 Å². The third-order valence-electron chi connectivity index (χ3n) is 4.90. The Hall–Kier alpha value is -1.77. The Bertz CT molecular complexity index is 947. The number of nitrogens with zero attached hydrogens (tertiary/aromatic N) is 4. The number of thiazole rings is 1. The van der Waals surface area contributed by atoms with E-state index in [0.717, 1.165) is 64.7 Å². The van der Waals surface area contributed by atoms with Crippen molar-refractivity contribution in [3.8, 4) is 27.8 Å². The van der Waals surface area contributed by atoms with Gasteiger partial charge in [-0.3, -0.25) is 0 Å². The molecule has 1 aromatic carbocycles. The normalized spacial score (nSPS) is 17.3. The molecule has 0 bridgehead atoms. The molecule has 1 N–H and O–H groups in total. The van der Waals surface area contributed by atoms with Gasteiger partial charge in [0, 0.05) is 21.3 Å². The van der Waals surface area contributed by atoms with Crippen LogP contribution < -0.4 is 10.1 Å². The lowest BCUT2D eigenvalue weighted by Crippen LogP contribution is -2.30. The molecule has 0 saturated carbocycles. The quantitative estimate of drug-likeness (QED) is 0.669. The lowest BCUT2D eigenvalue weighted by Gasteiger charge is -2.23. The van der Waals surface area contributed by atoms with Crippen molar-refractivity contribution >= 4 is 27.3 Å². The molecule has 2 aliphatic heterocycles. The van der Waals surface area contributed by atoms with E-state index in [0.29, 0.717) is 12.6 Å². The minimum absolute atomic E-state index is 0.393. The number of fused-ring (bicyclic) bond motifs is 3. The molecule has 2 aliphatic rings. The number of ether oxygens (including phenoxy) is 1. The first kappa shape index (κ1) is 16.4. The number of halogens is 1. The molecule has 0 radical (unpaired) electrons. The van der Waals surface area contributed by atoms with Crippen molar-refractivity contribution in [2.75, 3.05) is 19.7 Å². The van der Waals surface area contributed by atoms with Crippen molar-refractivity contribution < 1.29 is 4.74 Å². The third kappa shape index (κ3) is 2.86. The van der Waals surface area contributed by atoms with Crippen LogP contribution in [0.3, 0.4) is 0 Å². The minimum atomic E-state index is 0.393. The van der Waals surface area contributed by atoms with Gasteiger partial charge in [-0.2, -0.15) is 5.10 Å². The maximum Gasteiger partial charge on any atom is 0.187 e. The zero-order chi connectivity index (χ0) is 17.5.